The van der Waals surface area contributed by atoms with E-state index in [0.29, 0.717) is 44.8 Å². The van der Waals surface area contributed by atoms with Crippen LogP contribution in [0.1, 0.15) is 34.8 Å². The zero-order chi connectivity index (χ0) is 20.4. The summed E-state index contributed by atoms with van der Waals surface area (Å²) in [7, 11) is -3.67. The van der Waals surface area contributed by atoms with Crippen LogP contribution in [0.25, 0.3) is 0 Å². The topological polar surface area (TPSA) is 66.9 Å². The van der Waals surface area contributed by atoms with Crippen LogP contribution >= 0.6 is 0 Å². The van der Waals surface area contributed by atoms with Crippen LogP contribution in [0.4, 0.5) is 5.69 Å². The minimum Gasteiger partial charge on any atom is -0.379 e. The van der Waals surface area contributed by atoms with E-state index in [-0.39, 0.29) is 10.8 Å². The van der Waals surface area contributed by atoms with E-state index in [4.69, 9.17) is 4.74 Å². The van der Waals surface area contributed by atoms with Gasteiger partial charge in [0.1, 0.15) is 0 Å². The van der Waals surface area contributed by atoms with Crippen molar-refractivity contribution in [2.45, 2.75) is 31.1 Å². The SMILES string of the molecule is CCc1ccc(C(=O)N2CCCc3ccccc32)cc1S(=O)(=O)N1CCOCC1. The Morgan fingerprint density at radius 1 is 1.07 bits per heavy atom. The van der Waals surface area contributed by atoms with Crippen LogP contribution in [-0.4, -0.2) is 51.5 Å². The molecule has 2 aliphatic heterocycles. The van der Waals surface area contributed by atoms with Crippen LogP contribution in [-0.2, 0) is 27.6 Å². The maximum Gasteiger partial charge on any atom is 0.258 e. The molecule has 1 amide bonds. The van der Waals surface area contributed by atoms with Crippen molar-refractivity contribution < 1.29 is 17.9 Å². The first kappa shape index (κ1) is 20.1. The maximum atomic E-state index is 13.3. The number of aryl methyl sites for hydroxylation is 2. The first-order valence-corrected chi connectivity index (χ1v) is 11.6. The van der Waals surface area contributed by atoms with Gasteiger partial charge in [-0.1, -0.05) is 31.2 Å². The molecule has 0 unspecified atom stereocenters. The molecular weight excluding hydrogens is 388 g/mol. The van der Waals surface area contributed by atoms with Gasteiger partial charge in [-0.25, -0.2) is 8.42 Å². The predicted molar refractivity (Wildman–Crippen MR) is 112 cm³/mol. The quantitative estimate of drug-likeness (QED) is 0.772. The molecule has 0 bridgehead atoms. The number of carbonyl (C=O) groups excluding carboxylic acids is 1. The molecule has 2 aromatic carbocycles. The number of hydrogen-bond donors (Lipinski definition) is 0. The van der Waals surface area contributed by atoms with Gasteiger partial charge in [0.15, 0.2) is 0 Å². The van der Waals surface area contributed by atoms with E-state index in [0.717, 1.165) is 29.7 Å². The fourth-order valence-electron chi connectivity index (χ4n) is 4.05. The Hall–Kier alpha value is -2.22. The lowest BCUT2D eigenvalue weighted by Crippen LogP contribution is -2.41. The summed E-state index contributed by atoms with van der Waals surface area (Å²) in [5.41, 5.74) is 3.21. The first-order chi connectivity index (χ1) is 14.0. The van der Waals surface area contributed by atoms with Crippen LogP contribution in [0.5, 0.6) is 0 Å². The monoisotopic (exact) mass is 414 g/mol. The summed E-state index contributed by atoms with van der Waals surface area (Å²) in [6.07, 6.45) is 2.43. The molecule has 0 saturated carbocycles. The number of ether oxygens (including phenoxy) is 1. The molecule has 29 heavy (non-hydrogen) atoms. The molecule has 2 aliphatic rings. The average molecular weight is 415 g/mol. The Kier molecular flexibility index (Phi) is 5.72. The Labute approximate surface area is 172 Å². The van der Waals surface area contributed by atoms with Crippen molar-refractivity contribution in [2.24, 2.45) is 0 Å². The summed E-state index contributed by atoms with van der Waals surface area (Å²) in [5.74, 6) is -0.154. The number of morpholine rings is 1. The van der Waals surface area contributed by atoms with E-state index in [1.165, 1.54) is 4.31 Å². The standard InChI is InChI=1S/C22H26N2O4S/c1-2-17-9-10-19(16-21(17)29(26,27)23-12-14-28-15-13-23)22(25)24-11-5-7-18-6-3-4-8-20(18)24/h3-4,6,8-10,16H,2,5,7,11-15H2,1H3. The van der Waals surface area contributed by atoms with Gasteiger partial charge in [0.25, 0.3) is 5.91 Å². The average Bonchev–Trinajstić information content (AvgIpc) is 2.78. The molecule has 0 spiro atoms. The second-order valence-corrected chi connectivity index (χ2v) is 9.29. The van der Waals surface area contributed by atoms with Gasteiger partial charge in [-0.05, 0) is 48.6 Å². The minimum atomic E-state index is -3.67. The summed E-state index contributed by atoms with van der Waals surface area (Å²) in [6.45, 7) is 4.02. The zero-order valence-corrected chi connectivity index (χ0v) is 17.5. The molecule has 0 atom stereocenters. The van der Waals surface area contributed by atoms with E-state index in [1.807, 2.05) is 31.2 Å². The summed E-state index contributed by atoms with van der Waals surface area (Å²) >= 11 is 0. The van der Waals surface area contributed by atoms with Crippen molar-refractivity contribution in [1.82, 2.24) is 4.31 Å². The van der Waals surface area contributed by atoms with Crippen molar-refractivity contribution in [3.63, 3.8) is 0 Å². The molecule has 7 heteroatoms. The summed E-state index contributed by atoms with van der Waals surface area (Å²) < 4.78 is 33.3. The summed E-state index contributed by atoms with van der Waals surface area (Å²) in [4.78, 5) is 15.3. The molecule has 4 rings (SSSR count). The van der Waals surface area contributed by atoms with Crippen molar-refractivity contribution >= 4 is 21.6 Å². The molecule has 2 heterocycles. The minimum absolute atomic E-state index is 0.154. The molecule has 0 radical (unpaired) electrons. The maximum absolute atomic E-state index is 13.3. The van der Waals surface area contributed by atoms with Gasteiger partial charge in [0.05, 0.1) is 18.1 Å². The van der Waals surface area contributed by atoms with E-state index in [1.54, 1.807) is 23.1 Å². The third-order valence-electron chi connectivity index (χ3n) is 5.64. The number of rotatable bonds is 4. The van der Waals surface area contributed by atoms with Crippen LogP contribution < -0.4 is 4.90 Å². The first-order valence-electron chi connectivity index (χ1n) is 10.1. The van der Waals surface area contributed by atoms with E-state index in [2.05, 4.69) is 0 Å². The molecule has 2 aromatic rings. The number of benzene rings is 2. The molecule has 1 fully saturated rings. The van der Waals surface area contributed by atoms with Crippen LogP contribution in [0, 0.1) is 0 Å². The number of para-hydroxylation sites is 1. The number of amides is 1. The molecule has 154 valence electrons. The third kappa shape index (κ3) is 3.82. The van der Waals surface area contributed by atoms with E-state index in [9.17, 15) is 13.2 Å². The predicted octanol–water partition coefficient (Wildman–Crippen LogP) is 2.86. The third-order valence-corrected chi connectivity index (χ3v) is 7.62. The Morgan fingerprint density at radius 3 is 2.59 bits per heavy atom. The largest absolute Gasteiger partial charge is 0.379 e. The lowest BCUT2D eigenvalue weighted by Gasteiger charge is -2.30. The number of sulfonamides is 1. The van der Waals surface area contributed by atoms with Crippen LogP contribution in [0.15, 0.2) is 47.4 Å². The van der Waals surface area contributed by atoms with Crippen LogP contribution in [0.3, 0.4) is 0 Å². The van der Waals surface area contributed by atoms with Gasteiger partial charge in [0, 0.05) is 30.9 Å². The second-order valence-electron chi connectivity index (χ2n) is 7.38. The second kappa shape index (κ2) is 8.26. The lowest BCUT2D eigenvalue weighted by molar-refractivity contribution is 0.0730. The van der Waals surface area contributed by atoms with Gasteiger partial charge in [-0.2, -0.15) is 4.31 Å². The fourth-order valence-corrected chi connectivity index (χ4v) is 5.77. The molecule has 1 saturated heterocycles. The van der Waals surface area contributed by atoms with E-state index < -0.39 is 10.0 Å². The number of anilines is 1. The molecule has 0 aromatic heterocycles. The molecule has 6 nitrogen and oxygen atoms in total. The summed E-state index contributed by atoms with van der Waals surface area (Å²) in [6, 6.07) is 13.0. The van der Waals surface area contributed by atoms with Gasteiger partial charge in [0.2, 0.25) is 10.0 Å². The zero-order valence-electron chi connectivity index (χ0n) is 16.6. The highest BCUT2D eigenvalue weighted by molar-refractivity contribution is 7.89. The van der Waals surface area contributed by atoms with Crippen molar-refractivity contribution in [1.29, 1.82) is 0 Å². The summed E-state index contributed by atoms with van der Waals surface area (Å²) in [5, 5.41) is 0. The number of nitrogens with zero attached hydrogens (tertiary/aromatic N) is 2. The van der Waals surface area contributed by atoms with Gasteiger partial charge in [-0.3, -0.25) is 4.79 Å². The Morgan fingerprint density at radius 2 is 1.83 bits per heavy atom. The van der Waals surface area contributed by atoms with Crippen LogP contribution in [0.2, 0.25) is 0 Å². The lowest BCUT2D eigenvalue weighted by atomic mass is 10.0. The Bertz CT molecular complexity index is 1010. The highest BCUT2D eigenvalue weighted by Crippen LogP contribution is 2.30. The highest BCUT2D eigenvalue weighted by Gasteiger charge is 2.30. The number of fused-ring (bicyclic) bond motifs is 1. The smallest absolute Gasteiger partial charge is 0.258 e. The number of carbonyl (C=O) groups is 1. The normalized spacial score (nSPS) is 17.8. The molecule has 0 aliphatic carbocycles. The fraction of sp³-hybridized carbons (Fsp3) is 0.409. The highest BCUT2D eigenvalue weighted by atomic mass is 32.2. The van der Waals surface area contributed by atoms with Crippen molar-refractivity contribution in [3.05, 3.63) is 59.2 Å². The number of hydrogen-bond acceptors (Lipinski definition) is 4. The molecule has 0 N–H and O–H groups in total. The van der Waals surface area contributed by atoms with Gasteiger partial charge in [-0.15, -0.1) is 0 Å². The molecular formula is C22H26N2O4S. The van der Waals surface area contributed by atoms with Crippen molar-refractivity contribution in [2.75, 3.05) is 37.7 Å². The van der Waals surface area contributed by atoms with E-state index >= 15 is 0 Å². The Balaban J connectivity index is 1.71. The van der Waals surface area contributed by atoms with Crippen molar-refractivity contribution in [3.8, 4) is 0 Å². The van der Waals surface area contributed by atoms with Gasteiger partial charge >= 0.3 is 0 Å². The van der Waals surface area contributed by atoms with Gasteiger partial charge < -0.3 is 9.64 Å².